The SMILES string of the molecule is C[C@]1(CBr)CSC(c2ccccc2)=N1. The number of nitrogens with zero attached hydrogens (tertiary/aromatic N) is 1. The quantitative estimate of drug-likeness (QED) is 0.751. The zero-order chi connectivity index (χ0) is 10.0. The highest BCUT2D eigenvalue weighted by Crippen LogP contribution is 2.31. The molecule has 1 nitrogen and oxygen atoms in total. The fraction of sp³-hybridized carbons (Fsp3) is 0.364. The lowest BCUT2D eigenvalue weighted by atomic mass is 10.1. The van der Waals surface area contributed by atoms with Crippen molar-refractivity contribution in [2.24, 2.45) is 4.99 Å². The van der Waals surface area contributed by atoms with E-state index in [4.69, 9.17) is 4.99 Å². The van der Waals surface area contributed by atoms with Crippen LogP contribution in [0.5, 0.6) is 0 Å². The standard InChI is InChI=1S/C11H12BrNS/c1-11(7-12)8-14-10(13-11)9-5-3-2-4-6-9/h2-6H,7-8H2,1H3/t11-/m0/s1. The predicted molar refractivity (Wildman–Crippen MR) is 67.6 cm³/mol. The summed E-state index contributed by atoms with van der Waals surface area (Å²) in [6.07, 6.45) is 0. The molecule has 1 aliphatic heterocycles. The van der Waals surface area contributed by atoms with Crippen LogP contribution in [0.25, 0.3) is 0 Å². The summed E-state index contributed by atoms with van der Waals surface area (Å²) in [5.74, 6) is 1.07. The molecule has 0 N–H and O–H groups in total. The molecule has 1 aromatic carbocycles. The monoisotopic (exact) mass is 269 g/mol. The molecule has 14 heavy (non-hydrogen) atoms. The number of alkyl halides is 1. The predicted octanol–water partition coefficient (Wildman–Crippen LogP) is 3.33. The van der Waals surface area contributed by atoms with Crippen LogP contribution in [0, 0.1) is 0 Å². The first-order valence-corrected chi connectivity index (χ1v) is 6.68. The van der Waals surface area contributed by atoms with E-state index >= 15 is 0 Å². The summed E-state index contributed by atoms with van der Waals surface area (Å²) in [6.45, 7) is 2.19. The van der Waals surface area contributed by atoms with Crippen LogP contribution < -0.4 is 0 Å². The van der Waals surface area contributed by atoms with E-state index < -0.39 is 0 Å². The summed E-state index contributed by atoms with van der Waals surface area (Å²) in [4.78, 5) is 4.74. The average Bonchev–Trinajstić information content (AvgIpc) is 2.63. The van der Waals surface area contributed by atoms with Gasteiger partial charge in [-0.3, -0.25) is 4.99 Å². The highest BCUT2D eigenvalue weighted by Gasteiger charge is 2.29. The van der Waals surface area contributed by atoms with Gasteiger partial charge in [-0.15, -0.1) is 11.8 Å². The van der Waals surface area contributed by atoms with Gasteiger partial charge < -0.3 is 0 Å². The van der Waals surface area contributed by atoms with Crippen LogP contribution in [0.4, 0.5) is 0 Å². The van der Waals surface area contributed by atoms with Crippen LogP contribution in [-0.4, -0.2) is 21.7 Å². The second kappa shape index (κ2) is 4.07. The number of benzene rings is 1. The fourth-order valence-electron chi connectivity index (χ4n) is 1.33. The molecule has 74 valence electrons. The van der Waals surface area contributed by atoms with Gasteiger partial charge in [-0.05, 0) is 6.92 Å². The van der Waals surface area contributed by atoms with Crippen molar-refractivity contribution in [2.45, 2.75) is 12.5 Å². The molecule has 1 atom stereocenters. The number of halogens is 1. The van der Waals surface area contributed by atoms with Crippen LogP contribution in [0.2, 0.25) is 0 Å². The summed E-state index contributed by atoms with van der Waals surface area (Å²) in [5.41, 5.74) is 1.32. The van der Waals surface area contributed by atoms with Crippen LogP contribution in [0.3, 0.4) is 0 Å². The molecule has 0 radical (unpaired) electrons. The topological polar surface area (TPSA) is 12.4 Å². The van der Waals surface area contributed by atoms with Crippen molar-refractivity contribution in [2.75, 3.05) is 11.1 Å². The van der Waals surface area contributed by atoms with Crippen LogP contribution in [-0.2, 0) is 0 Å². The molecule has 1 aliphatic rings. The molecule has 0 saturated carbocycles. The van der Waals surface area contributed by atoms with Gasteiger partial charge in [0, 0.05) is 16.6 Å². The van der Waals surface area contributed by atoms with Gasteiger partial charge in [0.1, 0.15) is 0 Å². The van der Waals surface area contributed by atoms with Crippen LogP contribution >= 0.6 is 27.7 Å². The first-order chi connectivity index (χ1) is 6.73. The van der Waals surface area contributed by atoms with Gasteiger partial charge in [-0.25, -0.2) is 0 Å². The van der Waals surface area contributed by atoms with E-state index in [2.05, 4.69) is 47.1 Å². The third-order valence-corrected chi connectivity index (χ3v) is 4.77. The number of aliphatic imine (C=N–C) groups is 1. The lowest BCUT2D eigenvalue weighted by molar-refractivity contribution is 0.621. The van der Waals surface area contributed by atoms with E-state index in [-0.39, 0.29) is 5.54 Å². The van der Waals surface area contributed by atoms with E-state index in [1.165, 1.54) is 10.6 Å². The molecule has 0 aliphatic carbocycles. The Morgan fingerprint density at radius 3 is 2.71 bits per heavy atom. The molecular weight excluding hydrogens is 258 g/mol. The third-order valence-electron chi connectivity index (χ3n) is 2.20. The van der Waals surface area contributed by atoms with E-state index in [0.29, 0.717) is 0 Å². The lowest BCUT2D eigenvalue weighted by Crippen LogP contribution is -2.23. The Morgan fingerprint density at radius 1 is 1.43 bits per heavy atom. The van der Waals surface area contributed by atoms with Gasteiger partial charge in [0.25, 0.3) is 0 Å². The minimum Gasteiger partial charge on any atom is -0.270 e. The van der Waals surface area contributed by atoms with E-state index in [1.54, 1.807) is 0 Å². The summed E-state index contributed by atoms with van der Waals surface area (Å²) < 4.78 is 0. The highest BCUT2D eigenvalue weighted by molar-refractivity contribution is 9.09. The summed E-state index contributed by atoms with van der Waals surface area (Å²) in [5, 5.41) is 2.11. The molecule has 0 spiro atoms. The Hall–Kier alpha value is -0.280. The zero-order valence-corrected chi connectivity index (χ0v) is 10.4. The Balaban J connectivity index is 2.27. The first-order valence-electron chi connectivity index (χ1n) is 4.58. The minimum absolute atomic E-state index is 0.0792. The molecule has 1 aromatic rings. The summed E-state index contributed by atoms with van der Waals surface area (Å²) >= 11 is 5.36. The largest absolute Gasteiger partial charge is 0.270 e. The Morgan fingerprint density at radius 2 is 2.14 bits per heavy atom. The Kier molecular flexibility index (Phi) is 2.98. The van der Waals surface area contributed by atoms with E-state index in [0.717, 1.165) is 11.1 Å². The maximum absolute atomic E-state index is 4.74. The van der Waals surface area contributed by atoms with Gasteiger partial charge in [0.05, 0.1) is 10.6 Å². The highest BCUT2D eigenvalue weighted by atomic mass is 79.9. The minimum atomic E-state index is 0.0792. The molecule has 0 bridgehead atoms. The molecule has 0 unspecified atom stereocenters. The van der Waals surface area contributed by atoms with Gasteiger partial charge >= 0.3 is 0 Å². The van der Waals surface area contributed by atoms with Crippen molar-refractivity contribution in [3.8, 4) is 0 Å². The van der Waals surface area contributed by atoms with Crippen molar-refractivity contribution in [1.82, 2.24) is 0 Å². The maximum Gasteiger partial charge on any atom is 0.0985 e. The third kappa shape index (κ3) is 2.04. The fourth-order valence-corrected chi connectivity index (χ4v) is 3.12. The number of hydrogen-bond donors (Lipinski definition) is 0. The van der Waals surface area contributed by atoms with Crippen LogP contribution in [0.1, 0.15) is 12.5 Å². The Labute approximate surface area is 97.1 Å². The van der Waals surface area contributed by atoms with Crippen molar-refractivity contribution < 1.29 is 0 Å². The molecule has 0 aromatic heterocycles. The van der Waals surface area contributed by atoms with Crippen molar-refractivity contribution in [1.29, 1.82) is 0 Å². The second-order valence-electron chi connectivity index (χ2n) is 3.70. The van der Waals surface area contributed by atoms with E-state index in [9.17, 15) is 0 Å². The van der Waals surface area contributed by atoms with Gasteiger partial charge in [0.2, 0.25) is 0 Å². The normalized spacial score (nSPS) is 26.3. The van der Waals surface area contributed by atoms with Gasteiger partial charge in [-0.1, -0.05) is 46.3 Å². The number of rotatable bonds is 2. The first kappa shape index (κ1) is 10.2. The zero-order valence-electron chi connectivity index (χ0n) is 8.03. The summed E-state index contributed by atoms with van der Waals surface area (Å²) in [6, 6.07) is 10.4. The lowest BCUT2D eigenvalue weighted by Gasteiger charge is -2.14. The Bertz CT molecular complexity index is 350. The molecule has 1 heterocycles. The average molecular weight is 270 g/mol. The van der Waals surface area contributed by atoms with E-state index in [1.807, 2.05) is 17.8 Å². The van der Waals surface area contributed by atoms with Gasteiger partial charge in [0.15, 0.2) is 0 Å². The van der Waals surface area contributed by atoms with Crippen molar-refractivity contribution >= 4 is 32.7 Å². The van der Waals surface area contributed by atoms with Crippen molar-refractivity contribution in [3.05, 3.63) is 35.9 Å². The van der Waals surface area contributed by atoms with Crippen LogP contribution in [0.15, 0.2) is 35.3 Å². The smallest absolute Gasteiger partial charge is 0.0985 e. The molecule has 3 heteroatoms. The van der Waals surface area contributed by atoms with Crippen molar-refractivity contribution in [3.63, 3.8) is 0 Å². The number of thioether (sulfide) groups is 1. The molecule has 2 rings (SSSR count). The molecule has 0 fully saturated rings. The summed E-state index contributed by atoms with van der Waals surface area (Å²) in [7, 11) is 0. The number of hydrogen-bond acceptors (Lipinski definition) is 2. The molecular formula is C11H12BrNS. The van der Waals surface area contributed by atoms with Gasteiger partial charge in [-0.2, -0.15) is 0 Å². The maximum atomic E-state index is 4.74. The molecule has 0 amide bonds. The molecule has 0 saturated heterocycles. The second-order valence-corrected chi connectivity index (χ2v) is 5.23.